The van der Waals surface area contributed by atoms with Crippen LogP contribution in [0.4, 0.5) is 0 Å². The van der Waals surface area contributed by atoms with Crippen molar-refractivity contribution < 1.29 is 0 Å². The van der Waals surface area contributed by atoms with E-state index in [2.05, 4.69) is 29.7 Å². The summed E-state index contributed by atoms with van der Waals surface area (Å²) in [5.41, 5.74) is 8.76. The van der Waals surface area contributed by atoms with Crippen LogP contribution in [0.3, 0.4) is 0 Å². The first kappa shape index (κ1) is 12.6. The fourth-order valence-corrected chi connectivity index (χ4v) is 2.94. The van der Waals surface area contributed by atoms with Gasteiger partial charge in [0.2, 0.25) is 0 Å². The second kappa shape index (κ2) is 5.67. The van der Waals surface area contributed by atoms with E-state index in [1.54, 1.807) is 0 Å². The number of nitrogens with two attached hydrogens (primary N) is 1. The molecule has 0 bridgehead atoms. The molecule has 1 aromatic rings. The van der Waals surface area contributed by atoms with E-state index in [1.165, 1.54) is 37.1 Å². The standard InChI is InChI=1S/C14H25N3/c1-3-12-10-14(17(4-2)16-12)13(15)9-11-7-5-6-8-11/h10-11,13H,3-9,15H2,1-2H3. The van der Waals surface area contributed by atoms with E-state index >= 15 is 0 Å². The molecule has 1 aliphatic carbocycles. The van der Waals surface area contributed by atoms with E-state index in [-0.39, 0.29) is 6.04 Å². The van der Waals surface area contributed by atoms with Crippen molar-refractivity contribution in [2.75, 3.05) is 0 Å². The second-order valence-electron chi connectivity index (χ2n) is 5.22. The summed E-state index contributed by atoms with van der Waals surface area (Å²) in [4.78, 5) is 0. The minimum atomic E-state index is 0.172. The first-order valence-electron chi connectivity index (χ1n) is 7.06. The lowest BCUT2D eigenvalue weighted by atomic mass is 9.97. The van der Waals surface area contributed by atoms with Gasteiger partial charge in [-0.25, -0.2) is 0 Å². The van der Waals surface area contributed by atoms with Crippen molar-refractivity contribution in [2.45, 2.75) is 65.0 Å². The van der Waals surface area contributed by atoms with Crippen molar-refractivity contribution in [3.8, 4) is 0 Å². The zero-order chi connectivity index (χ0) is 12.3. The highest BCUT2D eigenvalue weighted by Crippen LogP contribution is 2.32. The summed E-state index contributed by atoms with van der Waals surface area (Å²) in [6, 6.07) is 2.37. The third kappa shape index (κ3) is 2.89. The van der Waals surface area contributed by atoms with Crippen LogP contribution in [0.2, 0.25) is 0 Å². The van der Waals surface area contributed by atoms with Crippen LogP contribution in [0, 0.1) is 5.92 Å². The highest BCUT2D eigenvalue weighted by Gasteiger charge is 2.21. The molecule has 1 aliphatic rings. The molecule has 96 valence electrons. The lowest BCUT2D eigenvalue weighted by molar-refractivity contribution is 0.430. The molecule has 0 spiro atoms. The van der Waals surface area contributed by atoms with Crippen LogP contribution >= 0.6 is 0 Å². The highest BCUT2D eigenvalue weighted by molar-refractivity contribution is 5.14. The number of aryl methyl sites for hydroxylation is 2. The van der Waals surface area contributed by atoms with Crippen LogP contribution in [0.5, 0.6) is 0 Å². The lowest BCUT2D eigenvalue weighted by Gasteiger charge is -2.17. The molecular formula is C14H25N3. The van der Waals surface area contributed by atoms with Gasteiger partial charge < -0.3 is 5.73 Å². The lowest BCUT2D eigenvalue weighted by Crippen LogP contribution is -2.18. The normalized spacial score (nSPS) is 18.8. The minimum absolute atomic E-state index is 0.172. The average molecular weight is 235 g/mol. The maximum absolute atomic E-state index is 6.36. The van der Waals surface area contributed by atoms with Gasteiger partial charge in [0, 0.05) is 12.6 Å². The topological polar surface area (TPSA) is 43.8 Å². The van der Waals surface area contributed by atoms with E-state index in [0.29, 0.717) is 0 Å². The van der Waals surface area contributed by atoms with Crippen molar-refractivity contribution in [1.29, 1.82) is 0 Å². The summed E-state index contributed by atoms with van der Waals surface area (Å²) in [5, 5.41) is 4.58. The Morgan fingerprint density at radius 1 is 1.41 bits per heavy atom. The molecule has 3 heteroatoms. The molecular weight excluding hydrogens is 210 g/mol. The molecule has 0 radical (unpaired) electrons. The van der Waals surface area contributed by atoms with Crippen LogP contribution in [0.15, 0.2) is 6.07 Å². The quantitative estimate of drug-likeness (QED) is 0.852. The van der Waals surface area contributed by atoms with Gasteiger partial charge in [-0.15, -0.1) is 0 Å². The Balaban J connectivity index is 2.05. The molecule has 2 N–H and O–H groups in total. The summed E-state index contributed by atoms with van der Waals surface area (Å²) >= 11 is 0. The number of hydrogen-bond acceptors (Lipinski definition) is 2. The molecule has 0 saturated heterocycles. The number of rotatable bonds is 5. The molecule has 1 fully saturated rings. The van der Waals surface area contributed by atoms with Crippen molar-refractivity contribution in [3.05, 3.63) is 17.5 Å². The van der Waals surface area contributed by atoms with Crippen LogP contribution in [-0.2, 0) is 13.0 Å². The van der Waals surface area contributed by atoms with E-state index in [4.69, 9.17) is 5.73 Å². The fraction of sp³-hybridized carbons (Fsp3) is 0.786. The summed E-state index contributed by atoms with van der Waals surface area (Å²) in [6.07, 6.45) is 7.66. The molecule has 0 aromatic carbocycles. The number of nitrogens with zero attached hydrogens (tertiary/aromatic N) is 2. The summed E-state index contributed by atoms with van der Waals surface area (Å²) in [5.74, 6) is 0.843. The molecule has 2 rings (SSSR count). The predicted octanol–water partition coefficient (Wildman–Crippen LogP) is 3.05. The number of hydrogen-bond donors (Lipinski definition) is 1. The van der Waals surface area contributed by atoms with Gasteiger partial charge in [-0.05, 0) is 31.7 Å². The van der Waals surface area contributed by atoms with Crippen molar-refractivity contribution in [1.82, 2.24) is 9.78 Å². The van der Waals surface area contributed by atoms with Gasteiger partial charge in [-0.1, -0.05) is 32.6 Å². The van der Waals surface area contributed by atoms with Gasteiger partial charge in [-0.2, -0.15) is 5.10 Å². The zero-order valence-corrected chi connectivity index (χ0v) is 11.2. The Labute approximate surface area is 104 Å². The van der Waals surface area contributed by atoms with Gasteiger partial charge >= 0.3 is 0 Å². The Morgan fingerprint density at radius 3 is 2.71 bits per heavy atom. The van der Waals surface area contributed by atoms with Crippen molar-refractivity contribution in [3.63, 3.8) is 0 Å². The average Bonchev–Trinajstić information content (AvgIpc) is 2.96. The SMILES string of the molecule is CCc1cc(C(N)CC2CCCC2)n(CC)n1. The Bertz CT molecular complexity index is 350. The molecule has 3 nitrogen and oxygen atoms in total. The minimum Gasteiger partial charge on any atom is -0.323 e. The monoisotopic (exact) mass is 235 g/mol. The third-order valence-electron chi connectivity index (χ3n) is 3.97. The molecule has 17 heavy (non-hydrogen) atoms. The van der Waals surface area contributed by atoms with Crippen molar-refractivity contribution in [2.24, 2.45) is 11.7 Å². The predicted molar refractivity (Wildman–Crippen MR) is 70.8 cm³/mol. The van der Waals surface area contributed by atoms with Crippen LogP contribution in [-0.4, -0.2) is 9.78 Å². The first-order valence-corrected chi connectivity index (χ1v) is 7.06. The molecule has 1 saturated carbocycles. The Kier molecular flexibility index (Phi) is 4.21. The van der Waals surface area contributed by atoms with Crippen LogP contribution in [0.25, 0.3) is 0 Å². The van der Waals surface area contributed by atoms with Gasteiger partial charge in [0.05, 0.1) is 11.4 Å². The van der Waals surface area contributed by atoms with E-state index < -0.39 is 0 Å². The Morgan fingerprint density at radius 2 is 2.12 bits per heavy atom. The Hall–Kier alpha value is -0.830. The second-order valence-corrected chi connectivity index (χ2v) is 5.22. The maximum atomic E-state index is 6.36. The smallest absolute Gasteiger partial charge is 0.0625 e. The van der Waals surface area contributed by atoms with Gasteiger partial charge in [0.25, 0.3) is 0 Å². The highest BCUT2D eigenvalue weighted by atomic mass is 15.3. The fourth-order valence-electron chi connectivity index (χ4n) is 2.94. The van der Waals surface area contributed by atoms with E-state index in [1.807, 2.05) is 0 Å². The van der Waals surface area contributed by atoms with E-state index in [0.717, 1.165) is 25.3 Å². The molecule has 1 atom stereocenters. The molecule has 0 aliphatic heterocycles. The molecule has 0 amide bonds. The van der Waals surface area contributed by atoms with Gasteiger partial charge in [0.1, 0.15) is 0 Å². The molecule has 1 heterocycles. The molecule has 1 aromatic heterocycles. The zero-order valence-electron chi connectivity index (χ0n) is 11.2. The third-order valence-corrected chi connectivity index (χ3v) is 3.97. The van der Waals surface area contributed by atoms with E-state index in [9.17, 15) is 0 Å². The maximum Gasteiger partial charge on any atom is 0.0625 e. The molecule has 1 unspecified atom stereocenters. The first-order chi connectivity index (χ1) is 8.24. The number of aromatic nitrogens is 2. The van der Waals surface area contributed by atoms with Crippen LogP contribution < -0.4 is 5.73 Å². The summed E-state index contributed by atoms with van der Waals surface area (Å²) in [6.45, 7) is 5.21. The summed E-state index contributed by atoms with van der Waals surface area (Å²) < 4.78 is 2.08. The van der Waals surface area contributed by atoms with Crippen LogP contribution in [0.1, 0.15) is 63.4 Å². The summed E-state index contributed by atoms with van der Waals surface area (Å²) in [7, 11) is 0. The van der Waals surface area contributed by atoms with Gasteiger partial charge in [-0.3, -0.25) is 4.68 Å². The van der Waals surface area contributed by atoms with Gasteiger partial charge in [0.15, 0.2) is 0 Å². The largest absolute Gasteiger partial charge is 0.323 e. The van der Waals surface area contributed by atoms with Crippen molar-refractivity contribution >= 4 is 0 Å².